The van der Waals surface area contributed by atoms with Crippen LogP contribution in [0.1, 0.15) is 60.7 Å². The zero-order valence-corrected chi connectivity index (χ0v) is 16.2. The van der Waals surface area contributed by atoms with Crippen molar-refractivity contribution in [1.82, 2.24) is 9.55 Å². The van der Waals surface area contributed by atoms with Crippen molar-refractivity contribution in [2.45, 2.75) is 53.4 Å². The maximum absolute atomic E-state index is 12.5. The normalized spacial score (nSPS) is 12.6. The molecule has 2 rings (SSSR count). The van der Waals surface area contributed by atoms with Gasteiger partial charge in [0.15, 0.2) is 4.77 Å². The summed E-state index contributed by atoms with van der Waals surface area (Å²) in [4.78, 5) is 15.2. The molecule has 0 fully saturated rings. The van der Waals surface area contributed by atoms with Crippen LogP contribution in [0.15, 0.2) is 23.0 Å². The van der Waals surface area contributed by atoms with E-state index < -0.39 is 6.10 Å². The molecular formula is C19H26N2O3S. The summed E-state index contributed by atoms with van der Waals surface area (Å²) in [5.41, 5.74) is 3.62. The summed E-state index contributed by atoms with van der Waals surface area (Å²) in [6.45, 7) is 10.4. The van der Waals surface area contributed by atoms with Crippen LogP contribution in [0.25, 0.3) is 0 Å². The quantitative estimate of drug-likeness (QED) is 0.769. The first-order valence-electron chi connectivity index (χ1n) is 8.47. The van der Waals surface area contributed by atoms with Crippen LogP contribution in [0.4, 0.5) is 0 Å². The smallest absolute Gasteiger partial charge is 0.255 e. The highest BCUT2D eigenvalue weighted by molar-refractivity contribution is 7.71. The molecule has 1 unspecified atom stereocenters. The van der Waals surface area contributed by atoms with Crippen molar-refractivity contribution in [1.29, 1.82) is 0 Å². The van der Waals surface area contributed by atoms with E-state index in [0.717, 1.165) is 16.7 Å². The fraction of sp³-hybridized carbons (Fsp3) is 0.474. The van der Waals surface area contributed by atoms with Gasteiger partial charge < -0.3 is 9.84 Å². The molecule has 0 radical (unpaired) electrons. The fourth-order valence-corrected chi connectivity index (χ4v) is 3.34. The summed E-state index contributed by atoms with van der Waals surface area (Å²) in [5, 5.41) is 11.1. The highest BCUT2D eigenvalue weighted by atomic mass is 32.1. The maximum Gasteiger partial charge on any atom is 0.255 e. The minimum atomic E-state index is -0.958. The lowest BCUT2D eigenvalue weighted by Gasteiger charge is -2.23. The second-order valence-electron chi connectivity index (χ2n) is 6.59. The van der Waals surface area contributed by atoms with Crippen LogP contribution in [-0.4, -0.2) is 21.3 Å². The summed E-state index contributed by atoms with van der Waals surface area (Å²) in [7, 11) is 0. The number of aliphatic hydroxyl groups excluding tert-OH is 1. The summed E-state index contributed by atoms with van der Waals surface area (Å²) >= 11 is 5.32. The predicted octanol–water partition coefficient (Wildman–Crippen LogP) is 3.72. The highest BCUT2D eigenvalue weighted by Gasteiger charge is 2.24. The van der Waals surface area contributed by atoms with Crippen LogP contribution in [0.5, 0.6) is 0 Å². The van der Waals surface area contributed by atoms with E-state index in [-0.39, 0.29) is 23.0 Å². The Kier molecular flexibility index (Phi) is 6.32. The van der Waals surface area contributed by atoms with Crippen LogP contribution >= 0.6 is 12.2 Å². The molecule has 5 nitrogen and oxygen atoms in total. The molecule has 0 saturated carbocycles. The van der Waals surface area contributed by atoms with Gasteiger partial charge >= 0.3 is 0 Å². The lowest BCUT2D eigenvalue weighted by Crippen LogP contribution is -2.27. The lowest BCUT2D eigenvalue weighted by atomic mass is 9.94. The van der Waals surface area contributed by atoms with E-state index in [1.54, 1.807) is 4.57 Å². The average Bonchev–Trinajstić information content (AvgIpc) is 2.51. The van der Waals surface area contributed by atoms with Gasteiger partial charge in [-0.3, -0.25) is 14.3 Å². The van der Waals surface area contributed by atoms with E-state index in [1.165, 1.54) is 0 Å². The van der Waals surface area contributed by atoms with Gasteiger partial charge in [0.05, 0.1) is 5.69 Å². The molecule has 0 aliphatic carbocycles. The molecule has 1 heterocycles. The lowest BCUT2D eigenvalue weighted by molar-refractivity contribution is 0.0766. The third-order valence-electron chi connectivity index (χ3n) is 4.10. The van der Waals surface area contributed by atoms with E-state index in [0.29, 0.717) is 17.9 Å². The van der Waals surface area contributed by atoms with Crippen molar-refractivity contribution in [3.05, 3.63) is 61.3 Å². The highest BCUT2D eigenvalue weighted by Crippen LogP contribution is 2.28. The van der Waals surface area contributed by atoms with Crippen LogP contribution in [0.2, 0.25) is 0 Å². The van der Waals surface area contributed by atoms with Crippen molar-refractivity contribution in [2.24, 2.45) is 0 Å². The molecular weight excluding hydrogens is 336 g/mol. The number of hydrogen-bond donors (Lipinski definition) is 2. The van der Waals surface area contributed by atoms with E-state index in [4.69, 9.17) is 17.0 Å². The van der Waals surface area contributed by atoms with Gasteiger partial charge in [-0.2, -0.15) is 0 Å². The van der Waals surface area contributed by atoms with E-state index >= 15 is 0 Å². The summed E-state index contributed by atoms with van der Waals surface area (Å²) in [6, 6.07) is 5.90. The second-order valence-corrected chi connectivity index (χ2v) is 6.97. The third-order valence-corrected chi connectivity index (χ3v) is 4.42. The van der Waals surface area contributed by atoms with Crippen LogP contribution in [0.3, 0.4) is 0 Å². The van der Waals surface area contributed by atoms with E-state index in [9.17, 15) is 9.90 Å². The number of H-pyrrole nitrogens is 1. The van der Waals surface area contributed by atoms with Crippen molar-refractivity contribution >= 4 is 12.2 Å². The largest absolute Gasteiger partial charge is 0.382 e. The van der Waals surface area contributed by atoms with E-state index in [2.05, 4.69) is 4.98 Å². The Hall–Kier alpha value is -1.76. The first-order chi connectivity index (χ1) is 11.8. The number of aromatic nitrogens is 2. The van der Waals surface area contributed by atoms with Gasteiger partial charge in [0, 0.05) is 12.2 Å². The first-order valence-corrected chi connectivity index (χ1v) is 8.88. The van der Waals surface area contributed by atoms with Gasteiger partial charge in [0.25, 0.3) is 5.56 Å². The Morgan fingerprint density at radius 1 is 1.24 bits per heavy atom. The molecule has 0 amide bonds. The van der Waals surface area contributed by atoms with Gasteiger partial charge in [0.1, 0.15) is 12.8 Å². The Balaban J connectivity index is 2.75. The number of nitrogens with one attached hydrogen (secondary N) is 1. The summed E-state index contributed by atoms with van der Waals surface area (Å²) in [6.07, 6.45) is -0.958. The van der Waals surface area contributed by atoms with Gasteiger partial charge in [-0.15, -0.1) is 0 Å². The SMILES string of the molecule is CCOCn1c(C(O)c2cc(C)cc(C)c2)c(C(C)C)c(=O)[nH]c1=S. The molecule has 0 spiro atoms. The molecule has 1 aromatic heterocycles. The van der Waals surface area contributed by atoms with Crippen molar-refractivity contribution in [2.75, 3.05) is 6.61 Å². The van der Waals surface area contributed by atoms with E-state index in [1.807, 2.05) is 52.8 Å². The molecule has 6 heteroatoms. The number of ether oxygens (including phenoxy) is 1. The van der Waals surface area contributed by atoms with Crippen LogP contribution in [0, 0.1) is 18.6 Å². The molecule has 0 bridgehead atoms. The number of aryl methyl sites for hydroxylation is 2. The first kappa shape index (κ1) is 19.6. The van der Waals surface area contributed by atoms with Crippen molar-refractivity contribution < 1.29 is 9.84 Å². The minimum absolute atomic E-state index is 0.0669. The van der Waals surface area contributed by atoms with Crippen LogP contribution in [-0.2, 0) is 11.5 Å². The zero-order chi connectivity index (χ0) is 18.7. The Morgan fingerprint density at radius 2 is 1.84 bits per heavy atom. The maximum atomic E-state index is 12.5. The second kappa shape index (κ2) is 8.08. The molecule has 25 heavy (non-hydrogen) atoms. The van der Waals surface area contributed by atoms with Gasteiger partial charge in [0.2, 0.25) is 0 Å². The molecule has 0 aliphatic heterocycles. The summed E-state index contributed by atoms with van der Waals surface area (Å²) in [5.74, 6) is -0.0669. The van der Waals surface area contributed by atoms with Gasteiger partial charge in [-0.1, -0.05) is 43.2 Å². The number of aliphatic hydroxyl groups is 1. The zero-order valence-electron chi connectivity index (χ0n) is 15.4. The fourth-order valence-electron chi connectivity index (χ4n) is 3.09. The topological polar surface area (TPSA) is 67.2 Å². The molecule has 0 aliphatic rings. The third kappa shape index (κ3) is 4.26. The van der Waals surface area contributed by atoms with Crippen LogP contribution < -0.4 is 5.56 Å². The molecule has 1 atom stereocenters. The Morgan fingerprint density at radius 3 is 2.36 bits per heavy atom. The number of aromatic amines is 1. The molecule has 0 saturated heterocycles. The number of benzene rings is 1. The van der Waals surface area contributed by atoms with Crippen molar-refractivity contribution in [3.63, 3.8) is 0 Å². The minimum Gasteiger partial charge on any atom is -0.382 e. The average molecular weight is 362 g/mol. The predicted molar refractivity (Wildman–Crippen MR) is 102 cm³/mol. The van der Waals surface area contributed by atoms with Crippen molar-refractivity contribution in [3.8, 4) is 0 Å². The number of hydrogen-bond acceptors (Lipinski definition) is 4. The Bertz CT molecular complexity index is 848. The molecule has 136 valence electrons. The van der Waals surface area contributed by atoms with Gasteiger partial charge in [-0.05, 0) is 44.5 Å². The van der Waals surface area contributed by atoms with Gasteiger partial charge in [-0.25, -0.2) is 0 Å². The monoisotopic (exact) mass is 362 g/mol. The standard InChI is InChI=1S/C19H26N2O3S/c1-6-24-10-21-16(15(11(2)3)18(23)20-19(21)25)17(22)14-8-12(4)7-13(5)9-14/h7-9,11,17,22H,6,10H2,1-5H3,(H,20,23,25). The number of rotatable bonds is 6. The summed E-state index contributed by atoms with van der Waals surface area (Å²) < 4.78 is 7.44. The Labute approximate surface area is 153 Å². The molecule has 1 aromatic carbocycles. The molecule has 2 aromatic rings. The number of nitrogens with zero attached hydrogens (tertiary/aromatic N) is 1. The molecule has 2 N–H and O–H groups in total.